The van der Waals surface area contributed by atoms with Gasteiger partial charge in [-0.3, -0.25) is 0 Å². The van der Waals surface area contributed by atoms with Crippen molar-refractivity contribution in [3.05, 3.63) is 544 Å². The van der Waals surface area contributed by atoms with Crippen molar-refractivity contribution >= 4 is 118 Å². The van der Waals surface area contributed by atoms with E-state index in [4.69, 9.17) is 34.8 Å². The summed E-state index contributed by atoms with van der Waals surface area (Å²) >= 11 is 20.9. The van der Waals surface area contributed by atoms with E-state index in [9.17, 15) is 0 Å². The normalized spacial score (nSPS) is 13.7. The Morgan fingerprint density at radius 3 is 1.13 bits per heavy atom. The van der Waals surface area contributed by atoms with Gasteiger partial charge in [-0.05, 0) is 313 Å². The molecular weight excluding hydrogens is 1690 g/mol. The predicted molar refractivity (Wildman–Crippen MR) is 570 cm³/mol. The van der Waals surface area contributed by atoms with Crippen LogP contribution < -0.4 is 14.7 Å². The first-order valence-electron chi connectivity index (χ1n) is 46.0. The average Bonchev–Trinajstić information content (AvgIpc) is 1.53. The number of hydrogen-bond acceptors (Lipinski definition) is 3. The second-order valence-corrected chi connectivity index (χ2v) is 37.6. The second-order valence-electron chi connectivity index (χ2n) is 36.3. The first-order chi connectivity index (χ1) is 65.6. The first kappa shape index (κ1) is 84.2. The standard InChI is InChI=1S/C48H34ClN.C43H32ClN.C37H28ClN/c1-33-25-27-36(28-26-33)48(35-15-5-2-6-16-35)45-24-14-13-23-43(45)47-42-22-12-11-21-41(42)44(32-46(47)48)34-29-37(49)31-40(30-34)50(38-17-7-3-8-18-38)39-19-9-4-10-20-39;1-43(2)40-27-31-17-13-12-16-30(31)26-39(40)41-37(29-14-6-3-7-15-29)22-23-38(42(41)43)32-24-33(44)28-36(25-32)45(34-18-8-4-9-19-34)35-20-10-5-11-21-35;1-37(2)35-20-18-26(23-34(35)33-19-17-25-11-9-10-16-32(25)36(33)37)27-21-28(38)24-31(22-27)39(29-12-5-3-6-13-29)30-14-7-4-8-15-30/h2-32H,1H3;3-28H,1-2H3;3-24H,1-2H3. The van der Waals surface area contributed by atoms with Crippen LogP contribution in [-0.2, 0) is 16.2 Å². The number of hydrogen-bond donors (Lipinski definition) is 0. The van der Waals surface area contributed by atoms with Gasteiger partial charge < -0.3 is 14.7 Å². The van der Waals surface area contributed by atoms with Gasteiger partial charge in [0.25, 0.3) is 0 Å². The summed E-state index contributed by atoms with van der Waals surface area (Å²) in [6.07, 6.45) is 0. The molecule has 3 nitrogen and oxygen atoms in total. The van der Waals surface area contributed by atoms with Crippen LogP contribution in [0.4, 0.5) is 51.2 Å². The summed E-state index contributed by atoms with van der Waals surface area (Å²) in [6.45, 7) is 11.6. The van der Waals surface area contributed by atoms with E-state index in [0.29, 0.717) is 15.1 Å². The Kier molecular flexibility index (Phi) is 22.1. The molecule has 0 spiro atoms. The Bertz CT molecular complexity index is 7890. The fourth-order valence-electron chi connectivity index (χ4n) is 21.6. The molecule has 21 aromatic carbocycles. The van der Waals surface area contributed by atoms with Gasteiger partial charge in [-0.25, -0.2) is 0 Å². The van der Waals surface area contributed by atoms with Gasteiger partial charge in [0.2, 0.25) is 0 Å². The number of halogens is 3. The number of rotatable bonds is 15. The number of benzene rings is 21. The lowest BCUT2D eigenvalue weighted by atomic mass is 9.67. The van der Waals surface area contributed by atoms with Crippen molar-refractivity contribution in [1.82, 2.24) is 0 Å². The molecular formula is C128H94Cl3N3. The number of fused-ring (bicyclic) bond motifs is 14. The molecule has 0 fully saturated rings. The van der Waals surface area contributed by atoms with Crippen molar-refractivity contribution in [2.75, 3.05) is 14.7 Å². The van der Waals surface area contributed by atoms with Crippen LogP contribution in [0.15, 0.2) is 479 Å². The number of aryl methyl sites for hydroxylation is 1. The van der Waals surface area contributed by atoms with Crippen LogP contribution in [0.25, 0.3) is 110 Å². The molecule has 0 aromatic heterocycles. The van der Waals surface area contributed by atoms with Crippen LogP contribution in [0.3, 0.4) is 0 Å². The summed E-state index contributed by atoms with van der Waals surface area (Å²) < 4.78 is 0. The highest BCUT2D eigenvalue weighted by molar-refractivity contribution is 6.32. The molecule has 1 atom stereocenters. The largest absolute Gasteiger partial charge is 0.310 e. The predicted octanol–water partition coefficient (Wildman–Crippen LogP) is 36.8. The van der Waals surface area contributed by atoms with Crippen LogP contribution in [-0.4, -0.2) is 0 Å². The molecule has 0 radical (unpaired) electrons. The van der Waals surface area contributed by atoms with Crippen molar-refractivity contribution in [2.24, 2.45) is 0 Å². The maximum Gasteiger partial charge on any atom is 0.0714 e. The summed E-state index contributed by atoms with van der Waals surface area (Å²) in [7, 11) is 0. The molecule has 3 aliphatic carbocycles. The van der Waals surface area contributed by atoms with Gasteiger partial charge >= 0.3 is 0 Å². The molecule has 0 bridgehead atoms. The highest BCUT2D eigenvalue weighted by atomic mass is 35.5. The minimum atomic E-state index is -0.513. The summed E-state index contributed by atoms with van der Waals surface area (Å²) in [5, 5.41) is 9.71. The molecule has 21 aromatic rings. The molecule has 6 heteroatoms. The fraction of sp³-hybridized carbons (Fsp3) is 0.0625. The van der Waals surface area contributed by atoms with Crippen molar-refractivity contribution in [3.8, 4) is 77.9 Å². The topological polar surface area (TPSA) is 9.72 Å². The lowest BCUT2D eigenvalue weighted by Crippen LogP contribution is -2.28. The number of para-hydroxylation sites is 6. The minimum absolute atomic E-state index is 0.0685. The lowest BCUT2D eigenvalue weighted by molar-refractivity contribution is 0.663. The lowest BCUT2D eigenvalue weighted by Gasteiger charge is -2.34. The van der Waals surface area contributed by atoms with Crippen molar-refractivity contribution in [1.29, 1.82) is 0 Å². The second kappa shape index (κ2) is 35.1. The third-order valence-corrected chi connectivity index (χ3v) is 28.1. The molecule has 134 heavy (non-hydrogen) atoms. The van der Waals surface area contributed by atoms with Crippen LogP contribution in [0.5, 0.6) is 0 Å². The van der Waals surface area contributed by atoms with Gasteiger partial charge in [0.1, 0.15) is 0 Å². The van der Waals surface area contributed by atoms with Crippen molar-refractivity contribution in [2.45, 2.75) is 50.9 Å². The molecule has 3 aliphatic rings. The summed E-state index contributed by atoms with van der Waals surface area (Å²) in [5.74, 6) is 0. The zero-order valence-electron chi connectivity index (χ0n) is 75.1. The van der Waals surface area contributed by atoms with E-state index in [1.54, 1.807) is 0 Å². The average molecular weight is 1780 g/mol. The van der Waals surface area contributed by atoms with E-state index in [0.717, 1.165) is 79.0 Å². The molecule has 0 saturated heterocycles. The molecule has 0 saturated carbocycles. The molecule has 0 aliphatic heterocycles. The van der Waals surface area contributed by atoms with E-state index in [1.165, 1.54) is 132 Å². The van der Waals surface area contributed by atoms with Gasteiger partial charge in [0.05, 0.1) is 5.41 Å². The summed E-state index contributed by atoms with van der Waals surface area (Å²) in [4.78, 5) is 6.81. The zero-order valence-corrected chi connectivity index (χ0v) is 77.4. The smallest absolute Gasteiger partial charge is 0.0714 e. The molecule has 24 rings (SSSR count). The van der Waals surface area contributed by atoms with E-state index >= 15 is 0 Å². The summed E-state index contributed by atoms with van der Waals surface area (Å²) in [6, 6.07) is 172. The molecule has 0 heterocycles. The monoisotopic (exact) mass is 1780 g/mol. The SMILES string of the molecule is CC1(C)c2cc3ccccc3cc2-c2c(-c3ccccc3)ccc(-c3cc(Cl)cc(N(c4ccccc4)c4ccccc4)c3)c21.CC1(C)c2ccc(-c3cc(Cl)cc(N(c4ccccc4)c4ccccc4)c3)cc2-c2ccc3ccccc3c21.Cc1ccc(C2(c3ccccc3)c3ccccc3-c3c2cc(-c2cc(Cl)cc(N(c4ccccc4)c4ccccc4)c2)c2ccccc32)cc1. The van der Waals surface area contributed by atoms with Gasteiger partial charge in [-0.1, -0.05) is 396 Å². The Hall–Kier alpha value is -15.3. The van der Waals surface area contributed by atoms with Gasteiger partial charge in [-0.2, -0.15) is 0 Å². The van der Waals surface area contributed by atoms with Gasteiger partial charge in [-0.15, -0.1) is 0 Å². The number of nitrogens with zero attached hydrogens (tertiary/aromatic N) is 3. The van der Waals surface area contributed by atoms with Crippen LogP contribution in [0, 0.1) is 6.92 Å². The maximum atomic E-state index is 7.10. The quantitative estimate of drug-likeness (QED) is 0.101. The van der Waals surface area contributed by atoms with E-state index in [2.05, 4.69) is 510 Å². The third kappa shape index (κ3) is 15.1. The Balaban J connectivity index is 0.000000118. The zero-order chi connectivity index (χ0) is 90.8. The van der Waals surface area contributed by atoms with Gasteiger partial charge in [0, 0.05) is 77.1 Å². The molecule has 0 N–H and O–H groups in total. The third-order valence-electron chi connectivity index (χ3n) is 27.5. The first-order valence-corrected chi connectivity index (χ1v) is 47.1. The molecule has 1 unspecified atom stereocenters. The van der Waals surface area contributed by atoms with E-state index < -0.39 is 5.41 Å². The fourth-order valence-corrected chi connectivity index (χ4v) is 22.3. The highest BCUT2D eigenvalue weighted by Gasteiger charge is 2.48. The van der Waals surface area contributed by atoms with Crippen LogP contribution in [0.1, 0.15) is 77.8 Å². The minimum Gasteiger partial charge on any atom is -0.310 e. The van der Waals surface area contributed by atoms with Crippen molar-refractivity contribution < 1.29 is 0 Å². The van der Waals surface area contributed by atoms with E-state index in [-0.39, 0.29) is 10.8 Å². The maximum absolute atomic E-state index is 7.10. The Morgan fingerprint density at radius 1 is 0.194 bits per heavy atom. The van der Waals surface area contributed by atoms with Gasteiger partial charge in [0.15, 0.2) is 0 Å². The molecule has 642 valence electrons. The molecule has 0 amide bonds. The highest BCUT2D eigenvalue weighted by Crippen LogP contribution is 2.62. The summed E-state index contributed by atoms with van der Waals surface area (Å²) in [5.41, 5.74) is 37.7. The van der Waals surface area contributed by atoms with Crippen LogP contribution in [0.2, 0.25) is 15.1 Å². The Labute approximate surface area is 800 Å². The van der Waals surface area contributed by atoms with E-state index in [1.807, 2.05) is 18.2 Å². The van der Waals surface area contributed by atoms with Crippen LogP contribution >= 0.6 is 34.8 Å². The van der Waals surface area contributed by atoms with Crippen molar-refractivity contribution in [3.63, 3.8) is 0 Å². The number of anilines is 9. The Morgan fingerprint density at radius 2 is 0.597 bits per heavy atom.